The Hall–Kier alpha value is -4.16. The van der Waals surface area contributed by atoms with Gasteiger partial charge in [-0.3, -0.25) is 9.10 Å². The van der Waals surface area contributed by atoms with E-state index in [9.17, 15) is 28.2 Å². The van der Waals surface area contributed by atoms with Crippen LogP contribution in [0.4, 0.5) is 16.4 Å². The predicted molar refractivity (Wildman–Crippen MR) is 170 cm³/mol. The molecule has 1 aliphatic carbocycles. The molecule has 3 aromatic rings. The van der Waals surface area contributed by atoms with E-state index in [2.05, 4.69) is 27.4 Å². The molecule has 0 saturated heterocycles. The highest BCUT2D eigenvalue weighted by Gasteiger charge is 2.36. The van der Waals surface area contributed by atoms with Gasteiger partial charge in [-0.1, -0.05) is 67.6 Å². The molecule has 4 atom stereocenters. The quantitative estimate of drug-likeness (QED) is 0.213. The van der Waals surface area contributed by atoms with E-state index in [1.54, 1.807) is 13.0 Å². The van der Waals surface area contributed by atoms with Crippen molar-refractivity contribution >= 4 is 33.7 Å². The summed E-state index contributed by atoms with van der Waals surface area (Å²) in [5.74, 6) is 0.983. The molecular formula is C32H41N5O6S. The number of sulfonamides is 1. The van der Waals surface area contributed by atoms with Crippen molar-refractivity contribution in [3.05, 3.63) is 89.5 Å². The summed E-state index contributed by atoms with van der Waals surface area (Å²) in [6.45, 7) is 4.70. The molecule has 4 rings (SSSR count). The molecule has 1 heterocycles. The molecule has 0 radical (unpaired) electrons. The van der Waals surface area contributed by atoms with Crippen LogP contribution in [-0.4, -0.2) is 73.7 Å². The lowest BCUT2D eigenvalue weighted by Crippen LogP contribution is -2.58. The molecule has 2 unspecified atom stereocenters. The Balaban J connectivity index is 1.62. The lowest BCUT2D eigenvalue weighted by molar-refractivity contribution is 0.0629. The number of aliphatic hydroxyl groups excluding tert-OH is 1. The van der Waals surface area contributed by atoms with Gasteiger partial charge >= 0.3 is 6.09 Å². The first-order chi connectivity index (χ1) is 20.7. The van der Waals surface area contributed by atoms with Crippen molar-refractivity contribution in [3.63, 3.8) is 0 Å². The molecule has 1 aliphatic rings. The van der Waals surface area contributed by atoms with Gasteiger partial charge in [0.25, 0.3) is 5.91 Å². The van der Waals surface area contributed by atoms with Crippen LogP contribution in [0.3, 0.4) is 0 Å². The second kappa shape index (κ2) is 13.6. The third-order valence-corrected chi connectivity index (χ3v) is 9.33. The Morgan fingerprint density at radius 2 is 1.61 bits per heavy atom. The summed E-state index contributed by atoms with van der Waals surface area (Å²) in [5, 5.41) is 25.7. The van der Waals surface area contributed by atoms with E-state index in [0.29, 0.717) is 30.7 Å². The van der Waals surface area contributed by atoms with Crippen LogP contribution in [0.5, 0.6) is 0 Å². The smallest absolute Gasteiger partial charge is 0.405 e. The van der Waals surface area contributed by atoms with Gasteiger partial charge in [0.15, 0.2) is 0 Å². The van der Waals surface area contributed by atoms with Crippen LogP contribution in [0.15, 0.2) is 72.8 Å². The molecule has 1 aromatic heterocycles. The first kappa shape index (κ1) is 32.7. The average molecular weight is 624 g/mol. The molecule has 0 spiro atoms. The van der Waals surface area contributed by atoms with E-state index < -0.39 is 33.7 Å². The second-order valence-corrected chi connectivity index (χ2v) is 13.9. The molecule has 236 valence electrons. The summed E-state index contributed by atoms with van der Waals surface area (Å²) >= 11 is 0. The number of carbonyl (C=O) groups excluding carboxylic acids is 1. The highest BCUT2D eigenvalue weighted by atomic mass is 32.2. The normalized spacial score (nSPS) is 18.0. The maximum Gasteiger partial charge on any atom is 0.405 e. The number of amides is 2. The molecule has 2 amide bonds. The number of hydrogen-bond acceptors (Lipinski definition) is 7. The fourth-order valence-corrected chi connectivity index (χ4v) is 5.56. The molecule has 4 N–H and O–H groups in total. The van der Waals surface area contributed by atoms with Gasteiger partial charge in [0.1, 0.15) is 11.6 Å². The Morgan fingerprint density at radius 3 is 2.16 bits per heavy atom. The van der Waals surface area contributed by atoms with Crippen LogP contribution in [0.2, 0.25) is 0 Å². The standard InChI is InChI=1S/C32H41N5O6S/c1-22-15-26(22)21-37(20-24-13-9-6-10-14-24)29-17-25(16-28(34-29)36(3)44(4,42)43)30(39)33-19-27(38)32(2,35-31(40)41)18-23-11-7-5-8-12-23/h5-14,16-17,22,26-27,35,38H,15,18-21H2,1-4H3,(H,33,39)(H,40,41)/t22?,26-,27?,32-/m1/s1. The summed E-state index contributed by atoms with van der Waals surface area (Å²) in [7, 11) is -2.31. The van der Waals surface area contributed by atoms with Gasteiger partial charge in [0.05, 0.1) is 17.9 Å². The van der Waals surface area contributed by atoms with E-state index in [1.807, 2.05) is 60.7 Å². The molecule has 1 fully saturated rings. The number of nitrogens with zero attached hydrogens (tertiary/aromatic N) is 3. The highest BCUT2D eigenvalue weighted by Crippen LogP contribution is 2.39. The van der Waals surface area contributed by atoms with Crippen LogP contribution < -0.4 is 19.8 Å². The summed E-state index contributed by atoms with van der Waals surface area (Å²) in [6, 6.07) is 22.0. The number of hydrogen-bond donors (Lipinski definition) is 4. The number of nitrogens with one attached hydrogen (secondary N) is 2. The van der Waals surface area contributed by atoms with Gasteiger partial charge in [0, 0.05) is 32.2 Å². The van der Waals surface area contributed by atoms with Gasteiger partial charge in [-0.2, -0.15) is 0 Å². The lowest BCUT2D eigenvalue weighted by Gasteiger charge is -2.34. The van der Waals surface area contributed by atoms with E-state index in [1.165, 1.54) is 13.1 Å². The first-order valence-corrected chi connectivity index (χ1v) is 16.4. The third kappa shape index (κ3) is 8.70. The zero-order valence-electron chi connectivity index (χ0n) is 25.5. The summed E-state index contributed by atoms with van der Waals surface area (Å²) in [5.41, 5.74) is 0.705. The number of aliphatic hydroxyl groups is 1. The fourth-order valence-electron chi connectivity index (χ4n) is 5.13. The number of pyridine rings is 1. The van der Waals surface area contributed by atoms with Crippen LogP contribution in [0.1, 0.15) is 41.8 Å². The van der Waals surface area contributed by atoms with Crippen molar-refractivity contribution in [2.45, 2.75) is 44.9 Å². The number of carboxylic acid groups (broad SMARTS) is 1. The second-order valence-electron chi connectivity index (χ2n) is 11.9. The Labute approximate surface area is 259 Å². The van der Waals surface area contributed by atoms with E-state index in [4.69, 9.17) is 0 Å². The Kier molecular flexibility index (Phi) is 10.2. The van der Waals surface area contributed by atoms with Gasteiger partial charge < -0.3 is 25.7 Å². The molecule has 11 nitrogen and oxygen atoms in total. The average Bonchev–Trinajstić information content (AvgIpc) is 3.68. The van der Waals surface area contributed by atoms with Crippen molar-refractivity contribution in [1.29, 1.82) is 0 Å². The fraction of sp³-hybridized carbons (Fsp3) is 0.406. The first-order valence-electron chi connectivity index (χ1n) is 14.5. The SMILES string of the molecule is CC1C[C@@H]1CN(Cc1ccccc1)c1cc(C(=O)NCC(O)[C@@](C)(Cc2ccccc2)NC(=O)O)cc(N(C)S(C)(=O)=O)n1. The zero-order chi connectivity index (χ0) is 32.1. The van der Waals surface area contributed by atoms with E-state index in [0.717, 1.165) is 28.1 Å². The number of carbonyl (C=O) groups is 2. The molecule has 0 bridgehead atoms. The van der Waals surface area contributed by atoms with Crippen LogP contribution in [0.25, 0.3) is 0 Å². The van der Waals surface area contributed by atoms with Gasteiger partial charge in [-0.25, -0.2) is 18.2 Å². The van der Waals surface area contributed by atoms with Gasteiger partial charge in [0.2, 0.25) is 10.0 Å². The van der Waals surface area contributed by atoms with E-state index >= 15 is 0 Å². The van der Waals surface area contributed by atoms with E-state index in [-0.39, 0.29) is 24.3 Å². The minimum atomic E-state index is -3.69. The monoisotopic (exact) mass is 623 g/mol. The predicted octanol–water partition coefficient (Wildman–Crippen LogP) is 3.50. The molecular weight excluding hydrogens is 582 g/mol. The Bertz CT molecular complexity index is 1560. The maximum atomic E-state index is 13.5. The molecule has 1 saturated carbocycles. The molecule has 0 aliphatic heterocycles. The number of rotatable bonds is 14. The minimum Gasteiger partial charge on any atom is -0.465 e. The molecule has 12 heteroatoms. The van der Waals surface area contributed by atoms with Crippen molar-refractivity contribution in [2.24, 2.45) is 11.8 Å². The molecule has 44 heavy (non-hydrogen) atoms. The van der Waals surface area contributed by atoms with Crippen LogP contribution >= 0.6 is 0 Å². The number of benzene rings is 2. The van der Waals surface area contributed by atoms with Crippen LogP contribution in [0, 0.1) is 11.8 Å². The number of anilines is 2. The number of aromatic nitrogens is 1. The summed E-state index contributed by atoms with van der Waals surface area (Å²) in [4.78, 5) is 31.9. The maximum absolute atomic E-state index is 13.5. The van der Waals surface area contributed by atoms with Crippen molar-refractivity contribution in [2.75, 3.05) is 35.6 Å². The van der Waals surface area contributed by atoms with Crippen LogP contribution in [-0.2, 0) is 23.0 Å². The third-order valence-electron chi connectivity index (χ3n) is 8.15. The van der Waals surface area contributed by atoms with Gasteiger partial charge in [-0.15, -0.1) is 0 Å². The Morgan fingerprint density at radius 1 is 1.05 bits per heavy atom. The molecule has 2 aromatic carbocycles. The lowest BCUT2D eigenvalue weighted by atomic mass is 9.87. The highest BCUT2D eigenvalue weighted by molar-refractivity contribution is 7.92. The summed E-state index contributed by atoms with van der Waals surface area (Å²) < 4.78 is 26.0. The zero-order valence-corrected chi connectivity index (χ0v) is 26.3. The minimum absolute atomic E-state index is 0.0825. The topological polar surface area (TPSA) is 152 Å². The summed E-state index contributed by atoms with van der Waals surface area (Å²) in [6.07, 6.45) is -0.258. The largest absolute Gasteiger partial charge is 0.465 e. The van der Waals surface area contributed by atoms with Crippen molar-refractivity contribution in [1.82, 2.24) is 15.6 Å². The van der Waals surface area contributed by atoms with Crippen molar-refractivity contribution in [3.8, 4) is 0 Å². The van der Waals surface area contributed by atoms with Gasteiger partial charge in [-0.05, 0) is 54.9 Å². The van der Waals surface area contributed by atoms with Crippen molar-refractivity contribution < 1.29 is 28.2 Å².